The van der Waals surface area contributed by atoms with Crippen LogP contribution in [0.5, 0.6) is 0 Å². The summed E-state index contributed by atoms with van der Waals surface area (Å²) in [6.07, 6.45) is 3.78. The van der Waals surface area contributed by atoms with Crippen LogP contribution in [0.15, 0.2) is 18.2 Å². The number of piperidine rings is 1. The number of rotatable bonds is 3. The van der Waals surface area contributed by atoms with E-state index >= 15 is 0 Å². The van der Waals surface area contributed by atoms with Crippen LogP contribution < -0.4 is 5.32 Å². The fraction of sp³-hybridized carbons (Fsp3) is 0.556. The van der Waals surface area contributed by atoms with E-state index in [9.17, 15) is 9.59 Å². The number of urea groups is 1. The Kier molecular flexibility index (Phi) is 5.49. The number of anilines is 1. The third-order valence-electron chi connectivity index (χ3n) is 5.10. The number of carbonyl (C=O) groups excluding carboxylic acids is 2. The second kappa shape index (κ2) is 7.62. The zero-order valence-electron chi connectivity index (χ0n) is 14.6. The lowest BCUT2D eigenvalue weighted by atomic mass is 9.98. The van der Waals surface area contributed by atoms with E-state index in [4.69, 9.17) is 16.3 Å². The van der Waals surface area contributed by atoms with Crippen molar-refractivity contribution >= 4 is 29.3 Å². The monoisotopic (exact) mass is 365 g/mol. The Morgan fingerprint density at radius 1 is 1.28 bits per heavy atom. The molecule has 0 aromatic heterocycles. The molecule has 0 spiro atoms. The number of likely N-dealkylation sites (tertiary alicyclic amines) is 2. The van der Waals surface area contributed by atoms with Crippen molar-refractivity contribution < 1.29 is 14.3 Å². The first kappa shape index (κ1) is 18.0. The second-order valence-corrected chi connectivity index (χ2v) is 7.16. The third-order valence-corrected chi connectivity index (χ3v) is 5.43. The van der Waals surface area contributed by atoms with Crippen molar-refractivity contribution in [1.82, 2.24) is 9.80 Å². The first-order valence-electron chi connectivity index (χ1n) is 8.69. The van der Waals surface area contributed by atoms with Crippen LogP contribution in [0.3, 0.4) is 0 Å². The van der Waals surface area contributed by atoms with Crippen LogP contribution in [0.4, 0.5) is 10.5 Å². The minimum atomic E-state index is -0.524. The van der Waals surface area contributed by atoms with Crippen molar-refractivity contribution in [1.29, 1.82) is 0 Å². The molecule has 3 rings (SSSR count). The van der Waals surface area contributed by atoms with Gasteiger partial charge in [0.1, 0.15) is 0 Å². The highest BCUT2D eigenvalue weighted by Crippen LogP contribution is 2.26. The largest absolute Gasteiger partial charge is 0.465 e. The normalized spacial score (nSPS) is 21.6. The van der Waals surface area contributed by atoms with E-state index in [0.717, 1.165) is 19.6 Å². The second-order valence-electron chi connectivity index (χ2n) is 6.76. The minimum Gasteiger partial charge on any atom is -0.465 e. The molecule has 1 aromatic rings. The maximum absolute atomic E-state index is 12.4. The molecule has 25 heavy (non-hydrogen) atoms. The Morgan fingerprint density at radius 3 is 2.72 bits per heavy atom. The molecule has 2 heterocycles. The summed E-state index contributed by atoms with van der Waals surface area (Å²) in [6.45, 7) is 4.88. The van der Waals surface area contributed by atoms with Gasteiger partial charge in [-0.2, -0.15) is 0 Å². The summed E-state index contributed by atoms with van der Waals surface area (Å²) in [6, 6.07) is 5.70. The Balaban J connectivity index is 1.56. The fourth-order valence-corrected chi connectivity index (χ4v) is 3.76. The molecule has 6 nitrogen and oxygen atoms in total. The van der Waals surface area contributed by atoms with E-state index in [2.05, 4.69) is 17.1 Å². The average molecular weight is 366 g/mol. The molecular formula is C18H24ClN3O3. The molecule has 0 unspecified atom stereocenters. The summed E-state index contributed by atoms with van der Waals surface area (Å²) >= 11 is 6.00. The van der Waals surface area contributed by atoms with Crippen molar-refractivity contribution in [3.05, 3.63) is 28.8 Å². The van der Waals surface area contributed by atoms with Crippen molar-refractivity contribution in [2.24, 2.45) is 0 Å². The third kappa shape index (κ3) is 3.90. The summed E-state index contributed by atoms with van der Waals surface area (Å²) < 4.78 is 4.70. The molecule has 2 amide bonds. The van der Waals surface area contributed by atoms with E-state index < -0.39 is 5.97 Å². The van der Waals surface area contributed by atoms with Gasteiger partial charge in [-0.25, -0.2) is 9.59 Å². The van der Waals surface area contributed by atoms with E-state index in [0.29, 0.717) is 22.8 Å². The van der Waals surface area contributed by atoms with Gasteiger partial charge in [0.2, 0.25) is 0 Å². The van der Waals surface area contributed by atoms with Gasteiger partial charge >= 0.3 is 12.0 Å². The number of esters is 1. The van der Waals surface area contributed by atoms with E-state index in [1.54, 1.807) is 17.0 Å². The lowest BCUT2D eigenvalue weighted by Gasteiger charge is -2.49. The van der Waals surface area contributed by atoms with Crippen molar-refractivity contribution in [3.8, 4) is 0 Å². The van der Waals surface area contributed by atoms with Crippen LogP contribution in [0.2, 0.25) is 5.02 Å². The van der Waals surface area contributed by atoms with Gasteiger partial charge in [-0.05, 0) is 44.5 Å². The number of benzene rings is 1. The SMILES string of the molecule is COC(=O)c1cc(NC(=O)N2CC(N3CCCC[C@@H]3C)C2)ccc1Cl. The molecule has 2 saturated heterocycles. The number of nitrogens with zero attached hydrogens (tertiary/aromatic N) is 2. The van der Waals surface area contributed by atoms with Gasteiger partial charge in [0, 0.05) is 30.9 Å². The summed E-state index contributed by atoms with van der Waals surface area (Å²) in [5.41, 5.74) is 0.773. The molecule has 2 aliphatic rings. The maximum Gasteiger partial charge on any atom is 0.339 e. The number of methoxy groups -OCH3 is 1. The average Bonchev–Trinajstić information content (AvgIpc) is 2.56. The van der Waals surface area contributed by atoms with Gasteiger partial charge in [-0.15, -0.1) is 0 Å². The van der Waals surface area contributed by atoms with Crippen molar-refractivity contribution in [2.45, 2.75) is 38.3 Å². The van der Waals surface area contributed by atoms with Crippen molar-refractivity contribution in [3.63, 3.8) is 0 Å². The highest BCUT2D eigenvalue weighted by molar-refractivity contribution is 6.33. The zero-order valence-corrected chi connectivity index (χ0v) is 15.4. The number of nitrogens with one attached hydrogen (secondary N) is 1. The summed E-state index contributed by atoms with van der Waals surface area (Å²) in [5.74, 6) is -0.524. The summed E-state index contributed by atoms with van der Waals surface area (Å²) in [5, 5.41) is 3.13. The highest BCUT2D eigenvalue weighted by Gasteiger charge is 2.37. The standard InChI is InChI=1S/C18H24ClN3O3/c1-12-5-3-4-8-22(12)14-10-21(11-14)18(24)20-13-6-7-16(19)15(9-13)17(23)25-2/h6-7,9,12,14H,3-5,8,10-11H2,1-2H3,(H,20,24)/t12-/m0/s1. The van der Waals surface area contributed by atoms with Crippen LogP contribution in [-0.4, -0.2) is 60.6 Å². The Hall–Kier alpha value is -1.79. The fourth-order valence-electron chi connectivity index (χ4n) is 3.57. The van der Waals surface area contributed by atoms with Gasteiger partial charge in [0.05, 0.1) is 17.7 Å². The topological polar surface area (TPSA) is 61.9 Å². The van der Waals surface area contributed by atoms with Gasteiger partial charge in [-0.1, -0.05) is 18.0 Å². The molecule has 0 radical (unpaired) electrons. The van der Waals surface area contributed by atoms with Gasteiger partial charge in [0.25, 0.3) is 0 Å². The molecule has 1 aromatic carbocycles. The lowest BCUT2D eigenvalue weighted by Crippen LogP contribution is -2.64. The van der Waals surface area contributed by atoms with Crippen LogP contribution in [-0.2, 0) is 4.74 Å². The Morgan fingerprint density at radius 2 is 2.04 bits per heavy atom. The van der Waals surface area contributed by atoms with Crippen molar-refractivity contribution in [2.75, 3.05) is 32.1 Å². The number of halogens is 1. The Labute approximate surface area is 153 Å². The van der Waals surface area contributed by atoms with Crippen LogP contribution in [0.25, 0.3) is 0 Å². The van der Waals surface area contributed by atoms with Crippen LogP contribution in [0, 0.1) is 0 Å². The highest BCUT2D eigenvalue weighted by atomic mass is 35.5. The summed E-state index contributed by atoms with van der Waals surface area (Å²) in [4.78, 5) is 28.4. The van der Waals surface area contributed by atoms with Gasteiger partial charge < -0.3 is 15.0 Å². The zero-order chi connectivity index (χ0) is 18.0. The number of amides is 2. The number of hydrogen-bond acceptors (Lipinski definition) is 4. The van der Waals surface area contributed by atoms with E-state index in [-0.39, 0.29) is 11.6 Å². The van der Waals surface area contributed by atoms with Crippen LogP contribution in [0.1, 0.15) is 36.5 Å². The first-order valence-corrected chi connectivity index (χ1v) is 9.07. The predicted octanol–water partition coefficient (Wildman–Crippen LogP) is 3.22. The number of hydrogen-bond donors (Lipinski definition) is 1. The number of carbonyl (C=O) groups is 2. The maximum atomic E-state index is 12.4. The quantitative estimate of drug-likeness (QED) is 0.835. The molecule has 1 N–H and O–H groups in total. The molecule has 136 valence electrons. The molecular weight excluding hydrogens is 342 g/mol. The van der Waals surface area contributed by atoms with Crippen LogP contribution >= 0.6 is 11.6 Å². The molecule has 7 heteroatoms. The van der Waals surface area contributed by atoms with E-state index in [1.165, 1.54) is 32.4 Å². The minimum absolute atomic E-state index is 0.154. The summed E-state index contributed by atoms with van der Waals surface area (Å²) in [7, 11) is 1.30. The van der Waals surface area contributed by atoms with Gasteiger partial charge in [-0.3, -0.25) is 4.90 Å². The molecule has 0 saturated carbocycles. The molecule has 2 fully saturated rings. The number of ether oxygens (including phenoxy) is 1. The molecule has 2 aliphatic heterocycles. The predicted molar refractivity (Wildman–Crippen MR) is 97.2 cm³/mol. The Bertz CT molecular complexity index is 661. The molecule has 0 aliphatic carbocycles. The molecule has 0 bridgehead atoms. The molecule has 1 atom stereocenters. The first-order chi connectivity index (χ1) is 12.0. The lowest BCUT2D eigenvalue weighted by molar-refractivity contribution is 0.0199. The van der Waals surface area contributed by atoms with Gasteiger partial charge in [0.15, 0.2) is 0 Å². The van der Waals surface area contributed by atoms with E-state index in [1.807, 2.05) is 0 Å². The smallest absolute Gasteiger partial charge is 0.339 e.